The van der Waals surface area contributed by atoms with Gasteiger partial charge in [0.1, 0.15) is 5.69 Å². The minimum atomic E-state index is -4.39. The lowest BCUT2D eigenvalue weighted by Gasteiger charge is -2.10. The van der Waals surface area contributed by atoms with E-state index in [-0.39, 0.29) is 17.5 Å². The van der Waals surface area contributed by atoms with Crippen LogP contribution in [0.15, 0.2) is 30.3 Å². The van der Waals surface area contributed by atoms with Crippen LogP contribution in [0.3, 0.4) is 0 Å². The van der Waals surface area contributed by atoms with Gasteiger partial charge >= 0.3 is 6.18 Å². The highest BCUT2D eigenvalue weighted by Gasteiger charge is 2.29. The molecule has 1 aromatic heterocycles. The number of benzene rings is 1. The van der Waals surface area contributed by atoms with Crippen molar-refractivity contribution in [2.24, 2.45) is 0 Å². The van der Waals surface area contributed by atoms with Crippen LogP contribution in [-0.4, -0.2) is 22.4 Å². The zero-order valence-electron chi connectivity index (χ0n) is 13.9. The number of amides is 1. The SMILES string of the molecule is CCCCNC(=O)c1cc(C)nc(Nc2ccc(C(F)(F)F)cc2)n1. The molecule has 25 heavy (non-hydrogen) atoms. The second-order valence-corrected chi connectivity index (χ2v) is 5.53. The van der Waals surface area contributed by atoms with Gasteiger partial charge < -0.3 is 10.6 Å². The first kappa shape index (κ1) is 18.7. The van der Waals surface area contributed by atoms with E-state index in [1.165, 1.54) is 12.1 Å². The molecule has 0 aliphatic heterocycles. The van der Waals surface area contributed by atoms with Gasteiger partial charge in [0.25, 0.3) is 5.91 Å². The monoisotopic (exact) mass is 352 g/mol. The lowest BCUT2D eigenvalue weighted by molar-refractivity contribution is -0.137. The molecule has 8 heteroatoms. The van der Waals surface area contributed by atoms with Crippen LogP contribution in [-0.2, 0) is 6.18 Å². The number of carbonyl (C=O) groups is 1. The Kier molecular flexibility index (Phi) is 5.95. The Morgan fingerprint density at radius 2 is 1.84 bits per heavy atom. The van der Waals surface area contributed by atoms with Crippen LogP contribution in [0.25, 0.3) is 0 Å². The van der Waals surface area contributed by atoms with Crippen molar-refractivity contribution in [2.45, 2.75) is 32.9 Å². The van der Waals surface area contributed by atoms with Crippen molar-refractivity contribution in [2.75, 3.05) is 11.9 Å². The Morgan fingerprint density at radius 1 is 1.16 bits per heavy atom. The van der Waals surface area contributed by atoms with E-state index in [0.29, 0.717) is 17.9 Å². The van der Waals surface area contributed by atoms with Crippen molar-refractivity contribution in [3.8, 4) is 0 Å². The maximum Gasteiger partial charge on any atom is 0.416 e. The molecular weight excluding hydrogens is 333 g/mol. The molecule has 1 heterocycles. The van der Waals surface area contributed by atoms with Gasteiger partial charge in [0, 0.05) is 17.9 Å². The lowest BCUT2D eigenvalue weighted by Crippen LogP contribution is -2.25. The first-order chi connectivity index (χ1) is 11.8. The van der Waals surface area contributed by atoms with Gasteiger partial charge in [0.2, 0.25) is 5.95 Å². The van der Waals surface area contributed by atoms with Crippen LogP contribution in [0.4, 0.5) is 24.8 Å². The van der Waals surface area contributed by atoms with Gasteiger partial charge in [0.05, 0.1) is 5.56 Å². The molecule has 0 atom stereocenters. The molecule has 0 aliphatic carbocycles. The summed E-state index contributed by atoms with van der Waals surface area (Å²) in [5.41, 5.74) is 0.443. The smallest absolute Gasteiger partial charge is 0.351 e. The third-order valence-corrected chi connectivity index (χ3v) is 3.37. The van der Waals surface area contributed by atoms with Gasteiger partial charge in [0.15, 0.2) is 0 Å². The van der Waals surface area contributed by atoms with Crippen molar-refractivity contribution in [3.05, 3.63) is 47.3 Å². The van der Waals surface area contributed by atoms with Crippen LogP contribution in [0, 0.1) is 6.92 Å². The number of nitrogens with zero attached hydrogens (tertiary/aromatic N) is 2. The molecule has 0 bridgehead atoms. The maximum atomic E-state index is 12.6. The third-order valence-electron chi connectivity index (χ3n) is 3.37. The molecule has 134 valence electrons. The number of alkyl halides is 3. The number of anilines is 2. The lowest BCUT2D eigenvalue weighted by atomic mass is 10.2. The van der Waals surface area contributed by atoms with Crippen molar-refractivity contribution in [1.29, 1.82) is 0 Å². The fraction of sp³-hybridized carbons (Fsp3) is 0.353. The highest BCUT2D eigenvalue weighted by atomic mass is 19.4. The Morgan fingerprint density at radius 3 is 2.44 bits per heavy atom. The normalized spacial score (nSPS) is 11.2. The van der Waals surface area contributed by atoms with Crippen LogP contribution >= 0.6 is 0 Å². The number of aromatic nitrogens is 2. The number of nitrogens with one attached hydrogen (secondary N) is 2. The number of carbonyl (C=O) groups excluding carboxylic acids is 1. The second kappa shape index (κ2) is 7.96. The predicted molar refractivity (Wildman–Crippen MR) is 88.7 cm³/mol. The topological polar surface area (TPSA) is 66.9 Å². The Labute approximate surface area is 143 Å². The summed E-state index contributed by atoms with van der Waals surface area (Å²) in [4.78, 5) is 20.4. The minimum absolute atomic E-state index is 0.153. The molecule has 2 N–H and O–H groups in total. The number of unbranched alkanes of at least 4 members (excludes halogenated alkanes) is 1. The molecule has 2 rings (SSSR count). The molecule has 0 fully saturated rings. The van der Waals surface area contributed by atoms with E-state index in [1.807, 2.05) is 6.92 Å². The summed E-state index contributed by atoms with van der Waals surface area (Å²) in [7, 11) is 0. The fourth-order valence-electron chi connectivity index (χ4n) is 2.08. The van der Waals surface area contributed by atoms with Gasteiger partial charge in [-0.05, 0) is 43.7 Å². The number of rotatable bonds is 6. The fourth-order valence-corrected chi connectivity index (χ4v) is 2.08. The first-order valence-electron chi connectivity index (χ1n) is 7.87. The van der Waals surface area contributed by atoms with Crippen molar-refractivity contribution < 1.29 is 18.0 Å². The Bertz CT molecular complexity index is 730. The summed E-state index contributed by atoms with van der Waals surface area (Å²) in [6, 6.07) is 6.07. The molecule has 1 aromatic carbocycles. The zero-order chi connectivity index (χ0) is 18.4. The van der Waals surface area contributed by atoms with E-state index in [1.54, 1.807) is 13.0 Å². The summed E-state index contributed by atoms with van der Waals surface area (Å²) in [6.45, 7) is 4.29. The minimum Gasteiger partial charge on any atom is -0.351 e. The van der Waals surface area contributed by atoms with Crippen LogP contribution in [0.5, 0.6) is 0 Å². The summed E-state index contributed by atoms with van der Waals surface area (Å²) in [5.74, 6) is -0.158. The number of halogens is 3. The summed E-state index contributed by atoms with van der Waals surface area (Å²) in [6.07, 6.45) is -2.56. The molecule has 0 spiro atoms. The highest BCUT2D eigenvalue weighted by molar-refractivity contribution is 5.92. The van der Waals surface area contributed by atoms with E-state index in [2.05, 4.69) is 20.6 Å². The number of hydrogen-bond donors (Lipinski definition) is 2. The van der Waals surface area contributed by atoms with E-state index in [9.17, 15) is 18.0 Å². The Balaban J connectivity index is 2.13. The Hall–Kier alpha value is -2.64. The van der Waals surface area contributed by atoms with Crippen LogP contribution in [0.2, 0.25) is 0 Å². The summed E-state index contributed by atoms with van der Waals surface area (Å²) < 4.78 is 37.7. The van der Waals surface area contributed by atoms with Crippen molar-refractivity contribution >= 4 is 17.5 Å². The van der Waals surface area contributed by atoms with E-state index >= 15 is 0 Å². The van der Waals surface area contributed by atoms with Crippen molar-refractivity contribution in [1.82, 2.24) is 15.3 Å². The maximum absolute atomic E-state index is 12.6. The molecule has 0 unspecified atom stereocenters. The molecule has 0 radical (unpaired) electrons. The molecule has 1 amide bonds. The average molecular weight is 352 g/mol. The average Bonchev–Trinajstić information content (AvgIpc) is 2.54. The number of hydrogen-bond acceptors (Lipinski definition) is 4. The van der Waals surface area contributed by atoms with E-state index < -0.39 is 11.7 Å². The summed E-state index contributed by atoms with van der Waals surface area (Å²) >= 11 is 0. The largest absolute Gasteiger partial charge is 0.416 e. The standard InChI is InChI=1S/C17H19F3N4O/c1-3-4-9-21-15(25)14-10-11(2)22-16(24-14)23-13-7-5-12(6-8-13)17(18,19)20/h5-8,10H,3-4,9H2,1-2H3,(H,21,25)(H,22,23,24). The van der Waals surface area contributed by atoms with E-state index in [4.69, 9.17) is 0 Å². The van der Waals surface area contributed by atoms with Gasteiger partial charge in [-0.3, -0.25) is 4.79 Å². The van der Waals surface area contributed by atoms with Crippen LogP contribution in [0.1, 0.15) is 41.5 Å². The van der Waals surface area contributed by atoms with Gasteiger partial charge in [-0.15, -0.1) is 0 Å². The molecule has 2 aromatic rings. The number of aryl methyl sites for hydroxylation is 1. The molecule has 0 aliphatic rings. The summed E-state index contributed by atoms with van der Waals surface area (Å²) in [5, 5.41) is 5.58. The van der Waals surface area contributed by atoms with Crippen molar-refractivity contribution in [3.63, 3.8) is 0 Å². The van der Waals surface area contributed by atoms with Crippen LogP contribution < -0.4 is 10.6 Å². The third kappa shape index (κ3) is 5.44. The second-order valence-electron chi connectivity index (χ2n) is 5.53. The first-order valence-corrected chi connectivity index (χ1v) is 7.87. The molecular formula is C17H19F3N4O. The predicted octanol–water partition coefficient (Wildman–Crippen LogP) is 4.08. The van der Waals surface area contributed by atoms with Gasteiger partial charge in [-0.2, -0.15) is 13.2 Å². The quantitative estimate of drug-likeness (QED) is 0.769. The molecule has 0 saturated heterocycles. The van der Waals surface area contributed by atoms with Gasteiger partial charge in [-0.25, -0.2) is 9.97 Å². The van der Waals surface area contributed by atoms with E-state index in [0.717, 1.165) is 25.0 Å². The van der Waals surface area contributed by atoms with Gasteiger partial charge in [-0.1, -0.05) is 13.3 Å². The molecule has 0 saturated carbocycles. The zero-order valence-corrected chi connectivity index (χ0v) is 13.9. The highest BCUT2D eigenvalue weighted by Crippen LogP contribution is 2.30. The molecule has 5 nitrogen and oxygen atoms in total.